The molecule has 2 aromatic carbocycles. The molecule has 0 aromatic heterocycles. The fraction of sp³-hybridized carbons (Fsp3) is 0.467. The van der Waals surface area contributed by atoms with Crippen LogP contribution in [0.1, 0.15) is 74.8 Å². The highest BCUT2D eigenvalue weighted by Crippen LogP contribution is 2.58. The molecule has 0 N–H and O–H groups in total. The molecule has 0 unspecified atom stereocenters. The van der Waals surface area contributed by atoms with E-state index in [1.165, 1.54) is 86.9 Å². The van der Waals surface area contributed by atoms with Crippen LogP contribution in [-0.4, -0.2) is 23.7 Å². The van der Waals surface area contributed by atoms with Gasteiger partial charge in [0.05, 0.1) is 0 Å². The zero-order valence-corrected chi connectivity index (χ0v) is 19.1. The fourth-order valence-corrected chi connectivity index (χ4v) is 6.99. The average Bonchev–Trinajstić information content (AvgIpc) is 3.40. The molecule has 2 nitrogen and oxygen atoms in total. The van der Waals surface area contributed by atoms with Crippen molar-refractivity contribution < 1.29 is 4.74 Å². The van der Waals surface area contributed by atoms with E-state index >= 15 is 0 Å². The maximum atomic E-state index is 7.34. The van der Waals surface area contributed by atoms with Gasteiger partial charge >= 0.3 is 0 Å². The molecule has 6 rings (SSSR count). The van der Waals surface area contributed by atoms with Gasteiger partial charge < -0.3 is 4.74 Å². The van der Waals surface area contributed by atoms with Crippen molar-refractivity contribution in [2.24, 2.45) is 5.92 Å². The lowest BCUT2D eigenvalue weighted by atomic mass is 9.64. The van der Waals surface area contributed by atoms with Crippen molar-refractivity contribution in [1.82, 2.24) is 4.90 Å². The van der Waals surface area contributed by atoms with Gasteiger partial charge in [0.1, 0.15) is 5.76 Å². The van der Waals surface area contributed by atoms with Gasteiger partial charge in [0, 0.05) is 31.3 Å². The third kappa shape index (κ3) is 3.44. The summed E-state index contributed by atoms with van der Waals surface area (Å²) in [7, 11) is 0. The van der Waals surface area contributed by atoms with Crippen molar-refractivity contribution in [3.63, 3.8) is 0 Å². The summed E-state index contributed by atoms with van der Waals surface area (Å²) in [6, 6.07) is 22.2. The first-order valence-electron chi connectivity index (χ1n) is 12.8. The second kappa shape index (κ2) is 8.56. The first-order chi connectivity index (χ1) is 15.9. The summed E-state index contributed by atoms with van der Waals surface area (Å²) in [4.78, 5) is 2.74. The third-order valence-electron chi connectivity index (χ3n) is 8.35. The number of ether oxygens (including phenoxy) is 1. The van der Waals surface area contributed by atoms with Gasteiger partial charge in [-0.25, -0.2) is 0 Å². The van der Waals surface area contributed by atoms with Gasteiger partial charge in [-0.2, -0.15) is 0 Å². The Morgan fingerprint density at radius 1 is 0.812 bits per heavy atom. The maximum absolute atomic E-state index is 7.34. The lowest BCUT2D eigenvalue weighted by molar-refractivity contribution is -0.190. The number of fused-ring (bicyclic) bond motifs is 1. The first kappa shape index (κ1) is 20.3. The molecule has 2 heteroatoms. The van der Waals surface area contributed by atoms with Crippen molar-refractivity contribution in [2.75, 3.05) is 13.1 Å². The number of nitrogens with zero attached hydrogens (tertiary/aromatic N) is 1. The lowest BCUT2D eigenvalue weighted by Crippen LogP contribution is -2.60. The predicted octanol–water partition coefficient (Wildman–Crippen LogP) is 7.30. The van der Waals surface area contributed by atoms with Crippen LogP contribution in [0.5, 0.6) is 0 Å². The highest BCUT2D eigenvalue weighted by molar-refractivity contribution is 5.60. The zero-order valence-electron chi connectivity index (χ0n) is 19.1. The highest BCUT2D eigenvalue weighted by atomic mass is 16.5. The summed E-state index contributed by atoms with van der Waals surface area (Å²) in [5, 5.41) is 0. The largest absolute Gasteiger partial charge is 0.472 e. The smallest absolute Gasteiger partial charge is 0.167 e. The number of hydrogen-bond donors (Lipinski definition) is 0. The summed E-state index contributed by atoms with van der Waals surface area (Å²) < 4.78 is 7.34. The van der Waals surface area contributed by atoms with Gasteiger partial charge in [-0.1, -0.05) is 67.1 Å². The number of allylic oxidation sites excluding steroid dienone is 2. The van der Waals surface area contributed by atoms with Crippen LogP contribution in [0.4, 0.5) is 0 Å². The van der Waals surface area contributed by atoms with Crippen LogP contribution in [-0.2, 0) is 4.74 Å². The summed E-state index contributed by atoms with van der Waals surface area (Å²) in [5.41, 5.74) is 5.66. The Kier molecular flexibility index (Phi) is 5.43. The molecule has 2 aliphatic heterocycles. The quantitative estimate of drug-likeness (QED) is 0.511. The molecule has 0 radical (unpaired) electrons. The average molecular weight is 426 g/mol. The van der Waals surface area contributed by atoms with Crippen LogP contribution in [0.25, 0.3) is 6.08 Å². The molecule has 0 amide bonds. The molecule has 166 valence electrons. The van der Waals surface area contributed by atoms with Crippen LogP contribution in [0.15, 0.2) is 77.6 Å². The summed E-state index contributed by atoms with van der Waals surface area (Å²) in [6.07, 6.45) is 13.6. The summed E-state index contributed by atoms with van der Waals surface area (Å²) in [6.45, 7) is 2.39. The van der Waals surface area contributed by atoms with Crippen LogP contribution in [0, 0.1) is 5.92 Å². The van der Waals surface area contributed by atoms with Crippen LogP contribution in [0.2, 0.25) is 0 Å². The van der Waals surface area contributed by atoms with Crippen LogP contribution >= 0.6 is 0 Å². The second-order valence-corrected chi connectivity index (χ2v) is 10.2. The molecule has 1 saturated heterocycles. The molecule has 1 saturated carbocycles. The Hall–Kier alpha value is -2.32. The maximum Gasteiger partial charge on any atom is 0.167 e. The first-order valence-corrected chi connectivity index (χ1v) is 12.8. The molecule has 0 bridgehead atoms. The molecule has 2 aromatic rings. The topological polar surface area (TPSA) is 12.5 Å². The third-order valence-corrected chi connectivity index (χ3v) is 8.35. The van der Waals surface area contributed by atoms with E-state index in [1.807, 2.05) is 0 Å². The Morgan fingerprint density at radius 3 is 2.34 bits per heavy atom. The standard InChI is InChI=1S/C30H35NO/c1-3-12-23(13-4-1)22-25-16-11-17-26-28(24-14-5-2-6-15-24)27-18-7-8-19-30(27,32-29(25)26)31-20-9-10-21-31/h1-6,12-15,22,27-28H,7-11,16-21H2/b25-22+/t27-,28+,30-/m0/s1. The molecular formula is C30H35NO. The van der Waals surface area contributed by atoms with Gasteiger partial charge in [0.15, 0.2) is 5.72 Å². The van der Waals surface area contributed by atoms with Gasteiger partial charge in [0.2, 0.25) is 0 Å². The Morgan fingerprint density at radius 2 is 1.56 bits per heavy atom. The molecular weight excluding hydrogens is 390 g/mol. The summed E-state index contributed by atoms with van der Waals surface area (Å²) >= 11 is 0. The van der Waals surface area contributed by atoms with Crippen LogP contribution in [0.3, 0.4) is 0 Å². The fourth-order valence-electron chi connectivity index (χ4n) is 6.99. The normalized spacial score (nSPS) is 31.8. The van der Waals surface area contributed by atoms with E-state index in [-0.39, 0.29) is 5.72 Å². The van der Waals surface area contributed by atoms with Crippen molar-refractivity contribution >= 4 is 6.08 Å². The van der Waals surface area contributed by atoms with Crippen molar-refractivity contribution in [1.29, 1.82) is 0 Å². The molecule has 4 aliphatic rings. The molecule has 0 spiro atoms. The predicted molar refractivity (Wildman–Crippen MR) is 131 cm³/mol. The van der Waals surface area contributed by atoms with E-state index in [1.54, 1.807) is 5.57 Å². The van der Waals surface area contributed by atoms with Crippen LogP contribution < -0.4 is 0 Å². The van der Waals surface area contributed by atoms with E-state index in [2.05, 4.69) is 71.6 Å². The highest BCUT2D eigenvalue weighted by Gasteiger charge is 2.56. The molecule has 2 fully saturated rings. The molecule has 2 heterocycles. The molecule has 2 aliphatic carbocycles. The monoisotopic (exact) mass is 425 g/mol. The van der Waals surface area contributed by atoms with Gasteiger partial charge in [-0.15, -0.1) is 0 Å². The minimum absolute atomic E-state index is 0.124. The Balaban J connectivity index is 1.52. The van der Waals surface area contributed by atoms with E-state index < -0.39 is 0 Å². The van der Waals surface area contributed by atoms with Gasteiger partial charge in [0.25, 0.3) is 0 Å². The van der Waals surface area contributed by atoms with Crippen molar-refractivity contribution in [3.05, 3.63) is 88.7 Å². The van der Waals surface area contributed by atoms with Gasteiger partial charge in [-0.05, 0) is 73.3 Å². The second-order valence-electron chi connectivity index (χ2n) is 10.2. The van der Waals surface area contributed by atoms with Crippen molar-refractivity contribution in [2.45, 2.75) is 69.4 Å². The molecule has 3 atom stereocenters. The van der Waals surface area contributed by atoms with E-state index in [0.29, 0.717) is 11.8 Å². The number of hydrogen-bond acceptors (Lipinski definition) is 2. The van der Waals surface area contributed by atoms with E-state index in [0.717, 1.165) is 6.42 Å². The van der Waals surface area contributed by atoms with Gasteiger partial charge in [-0.3, -0.25) is 4.90 Å². The summed E-state index contributed by atoms with van der Waals surface area (Å²) in [5.74, 6) is 2.30. The Labute approximate surface area is 193 Å². The lowest BCUT2D eigenvalue weighted by Gasteiger charge is -2.56. The van der Waals surface area contributed by atoms with E-state index in [4.69, 9.17) is 4.74 Å². The number of likely N-dealkylation sites (tertiary alicyclic amines) is 1. The minimum Gasteiger partial charge on any atom is -0.472 e. The molecule has 32 heavy (non-hydrogen) atoms. The number of benzene rings is 2. The Bertz CT molecular complexity index is 1000. The SMILES string of the molecule is C(=C1/CCCC2=C1O[C@@]1(N3CCCC3)CCCC[C@H]1[C@@H]2c1ccccc1)/c1ccccc1. The zero-order chi connectivity index (χ0) is 21.4. The number of rotatable bonds is 3. The van der Waals surface area contributed by atoms with Crippen molar-refractivity contribution in [3.8, 4) is 0 Å². The minimum atomic E-state index is -0.124. The van der Waals surface area contributed by atoms with E-state index in [9.17, 15) is 0 Å².